The van der Waals surface area contributed by atoms with E-state index in [0.717, 1.165) is 42.7 Å². The summed E-state index contributed by atoms with van der Waals surface area (Å²) in [6.07, 6.45) is 4.82. The highest BCUT2D eigenvalue weighted by atomic mass is 35.5. The van der Waals surface area contributed by atoms with Crippen LogP contribution < -0.4 is 4.74 Å². The smallest absolute Gasteiger partial charge is 0.344 e. The fourth-order valence-electron chi connectivity index (χ4n) is 2.68. The van der Waals surface area contributed by atoms with Crippen LogP contribution in [0, 0.1) is 6.92 Å². The monoisotopic (exact) mass is 360 g/mol. The van der Waals surface area contributed by atoms with Gasteiger partial charge in [0.25, 0.3) is 0 Å². The van der Waals surface area contributed by atoms with Gasteiger partial charge in [0, 0.05) is 5.02 Å². The number of carboxylic acids is 1. The normalized spacial score (nSPS) is 11.9. The van der Waals surface area contributed by atoms with Gasteiger partial charge < -0.3 is 9.84 Å². The van der Waals surface area contributed by atoms with Gasteiger partial charge >= 0.3 is 5.97 Å². The maximum atomic E-state index is 11.4. The Balaban J connectivity index is 1.66. The molecule has 0 aliphatic rings. The zero-order valence-electron chi connectivity index (χ0n) is 14.6. The Morgan fingerprint density at radius 2 is 1.64 bits per heavy atom. The Labute approximate surface area is 154 Å². The van der Waals surface area contributed by atoms with Crippen molar-refractivity contribution >= 4 is 17.6 Å². The fourth-order valence-corrected chi connectivity index (χ4v) is 2.80. The molecular weight excluding hydrogens is 336 g/mol. The van der Waals surface area contributed by atoms with Crippen LogP contribution in [0.15, 0.2) is 48.5 Å². The number of hydrogen-bond acceptors (Lipinski definition) is 2. The third-order valence-corrected chi connectivity index (χ3v) is 4.42. The molecule has 0 fully saturated rings. The largest absolute Gasteiger partial charge is 0.479 e. The van der Waals surface area contributed by atoms with E-state index >= 15 is 0 Å². The molecule has 0 saturated heterocycles. The van der Waals surface area contributed by atoms with Gasteiger partial charge in [0.2, 0.25) is 0 Å². The summed E-state index contributed by atoms with van der Waals surface area (Å²) in [5.41, 5.74) is 2.41. The van der Waals surface area contributed by atoms with E-state index in [1.807, 2.05) is 43.3 Å². The maximum Gasteiger partial charge on any atom is 0.344 e. The number of carboxylic acid groups (broad SMARTS) is 1. The minimum absolute atomic E-state index is 0.532. The first-order valence-electron chi connectivity index (χ1n) is 8.75. The van der Waals surface area contributed by atoms with Crippen molar-refractivity contribution in [2.24, 2.45) is 0 Å². The van der Waals surface area contributed by atoms with Crippen LogP contribution in [0.1, 0.15) is 43.2 Å². The van der Waals surface area contributed by atoms with Gasteiger partial charge in [-0.05, 0) is 62.4 Å². The molecule has 2 aromatic carbocycles. The number of carbonyl (C=O) groups is 1. The highest BCUT2D eigenvalue weighted by Crippen LogP contribution is 2.17. The van der Waals surface area contributed by atoms with Crippen molar-refractivity contribution in [3.05, 3.63) is 64.7 Å². The fraction of sp³-hybridized carbons (Fsp3) is 0.381. The van der Waals surface area contributed by atoms with Crippen molar-refractivity contribution in [3.63, 3.8) is 0 Å². The Hall–Kier alpha value is -2.00. The zero-order valence-corrected chi connectivity index (χ0v) is 15.3. The molecular formula is C21H25ClO3. The Morgan fingerprint density at radius 1 is 1.00 bits per heavy atom. The highest BCUT2D eigenvalue weighted by molar-refractivity contribution is 6.30. The van der Waals surface area contributed by atoms with E-state index in [0.29, 0.717) is 12.2 Å². The molecule has 0 aliphatic carbocycles. The number of unbranched alkanes of at least 4 members (excludes halogenated alkanes) is 3. The Bertz CT molecular complexity index is 650. The number of hydrogen-bond donors (Lipinski definition) is 1. The standard InChI is InChI=1S/C21H25ClO3/c1-16-8-14-19(15-9-16)25-20(21(23)24)7-5-3-2-4-6-17-10-12-18(22)13-11-17/h8-15,20H,2-7H2,1H3,(H,23,24). The summed E-state index contributed by atoms with van der Waals surface area (Å²) >= 11 is 5.88. The molecule has 134 valence electrons. The SMILES string of the molecule is Cc1ccc(OC(CCCCCCc2ccc(Cl)cc2)C(=O)O)cc1. The zero-order chi connectivity index (χ0) is 18.1. The quantitative estimate of drug-likeness (QED) is 0.555. The lowest BCUT2D eigenvalue weighted by Crippen LogP contribution is -2.26. The summed E-state index contributed by atoms with van der Waals surface area (Å²) in [6, 6.07) is 15.4. The van der Waals surface area contributed by atoms with Crippen LogP contribution in [0.5, 0.6) is 5.75 Å². The van der Waals surface area contributed by atoms with Crippen molar-refractivity contribution in [3.8, 4) is 5.75 Å². The van der Waals surface area contributed by atoms with Gasteiger partial charge in [-0.25, -0.2) is 4.79 Å². The molecule has 0 radical (unpaired) electrons. The number of benzene rings is 2. The molecule has 0 bridgehead atoms. The van der Waals surface area contributed by atoms with Crippen molar-refractivity contribution in [2.75, 3.05) is 0 Å². The first-order valence-corrected chi connectivity index (χ1v) is 9.13. The molecule has 0 aromatic heterocycles. The molecule has 0 spiro atoms. The first kappa shape index (κ1) is 19.3. The molecule has 2 rings (SSSR count). The van der Waals surface area contributed by atoms with Crippen LogP contribution in [-0.4, -0.2) is 17.2 Å². The van der Waals surface area contributed by atoms with Crippen molar-refractivity contribution in [1.82, 2.24) is 0 Å². The van der Waals surface area contributed by atoms with Crippen molar-refractivity contribution in [1.29, 1.82) is 0 Å². The van der Waals surface area contributed by atoms with Gasteiger partial charge in [-0.1, -0.05) is 54.3 Å². The summed E-state index contributed by atoms with van der Waals surface area (Å²) in [5.74, 6) is -0.289. The van der Waals surface area contributed by atoms with Crippen molar-refractivity contribution in [2.45, 2.75) is 51.6 Å². The molecule has 4 heteroatoms. The third kappa shape index (κ3) is 7.18. The molecule has 3 nitrogen and oxygen atoms in total. The van der Waals surface area contributed by atoms with Crippen LogP contribution in [0.25, 0.3) is 0 Å². The summed E-state index contributed by atoms with van der Waals surface area (Å²) in [7, 11) is 0. The third-order valence-electron chi connectivity index (χ3n) is 4.17. The molecule has 0 heterocycles. The second-order valence-corrected chi connectivity index (χ2v) is 6.77. The molecule has 25 heavy (non-hydrogen) atoms. The van der Waals surface area contributed by atoms with Gasteiger partial charge in [0.15, 0.2) is 6.10 Å². The average Bonchev–Trinajstić information content (AvgIpc) is 2.60. The minimum atomic E-state index is -0.901. The first-order chi connectivity index (χ1) is 12.0. The topological polar surface area (TPSA) is 46.5 Å². The molecule has 0 aliphatic heterocycles. The van der Waals surface area contributed by atoms with Crippen LogP contribution in [0.3, 0.4) is 0 Å². The molecule has 0 amide bonds. The van der Waals surface area contributed by atoms with Gasteiger partial charge in [0.1, 0.15) is 5.75 Å². The molecule has 1 unspecified atom stereocenters. The van der Waals surface area contributed by atoms with Gasteiger partial charge in [-0.3, -0.25) is 0 Å². The Kier molecular flexibility index (Phi) is 7.80. The highest BCUT2D eigenvalue weighted by Gasteiger charge is 2.18. The lowest BCUT2D eigenvalue weighted by molar-refractivity contribution is -0.145. The number of aliphatic carboxylic acids is 1. The summed E-state index contributed by atoms with van der Waals surface area (Å²) in [6.45, 7) is 1.99. The Morgan fingerprint density at radius 3 is 2.28 bits per heavy atom. The van der Waals surface area contributed by atoms with Crippen LogP contribution >= 0.6 is 11.6 Å². The van der Waals surface area contributed by atoms with E-state index in [9.17, 15) is 9.90 Å². The summed E-state index contributed by atoms with van der Waals surface area (Å²) in [4.78, 5) is 11.4. The van der Waals surface area contributed by atoms with E-state index < -0.39 is 12.1 Å². The van der Waals surface area contributed by atoms with E-state index in [-0.39, 0.29) is 0 Å². The molecule has 1 atom stereocenters. The van der Waals surface area contributed by atoms with Crippen molar-refractivity contribution < 1.29 is 14.6 Å². The number of ether oxygens (including phenoxy) is 1. The second kappa shape index (κ2) is 10.1. The van der Waals surface area contributed by atoms with E-state index in [1.54, 1.807) is 0 Å². The lowest BCUT2D eigenvalue weighted by atomic mass is 10.0. The molecule has 1 N–H and O–H groups in total. The second-order valence-electron chi connectivity index (χ2n) is 6.34. The van der Waals surface area contributed by atoms with E-state index in [1.165, 1.54) is 5.56 Å². The molecule has 2 aromatic rings. The van der Waals surface area contributed by atoms with Crippen LogP contribution in [0.2, 0.25) is 5.02 Å². The van der Waals surface area contributed by atoms with Gasteiger partial charge in [0.05, 0.1) is 0 Å². The number of halogens is 1. The summed E-state index contributed by atoms with van der Waals surface area (Å²) < 4.78 is 5.61. The van der Waals surface area contributed by atoms with Gasteiger partial charge in [-0.15, -0.1) is 0 Å². The summed E-state index contributed by atoms with van der Waals surface area (Å²) in [5, 5.41) is 10.1. The minimum Gasteiger partial charge on any atom is -0.479 e. The van der Waals surface area contributed by atoms with E-state index in [4.69, 9.17) is 16.3 Å². The predicted octanol–water partition coefficient (Wildman–Crippen LogP) is 5.67. The number of rotatable bonds is 10. The predicted molar refractivity (Wildman–Crippen MR) is 101 cm³/mol. The number of aryl methyl sites for hydroxylation is 2. The lowest BCUT2D eigenvalue weighted by Gasteiger charge is -2.15. The van der Waals surface area contributed by atoms with Crippen LogP contribution in [0.4, 0.5) is 0 Å². The maximum absolute atomic E-state index is 11.4. The van der Waals surface area contributed by atoms with Crippen LogP contribution in [-0.2, 0) is 11.2 Å². The van der Waals surface area contributed by atoms with Gasteiger partial charge in [-0.2, -0.15) is 0 Å². The van der Waals surface area contributed by atoms with E-state index in [2.05, 4.69) is 12.1 Å². The molecule has 0 saturated carbocycles. The average molecular weight is 361 g/mol.